The molecule has 4 heteroatoms. The summed E-state index contributed by atoms with van der Waals surface area (Å²) in [7, 11) is 0. The number of aryl methyl sites for hydroxylation is 4. The first-order valence-corrected chi connectivity index (χ1v) is 7.63. The third-order valence-corrected chi connectivity index (χ3v) is 4.86. The normalized spacial score (nSPS) is 13.6. The summed E-state index contributed by atoms with van der Waals surface area (Å²) in [5.41, 5.74) is 4.79. The van der Waals surface area contributed by atoms with E-state index in [0.29, 0.717) is 5.15 Å². The van der Waals surface area contributed by atoms with Gasteiger partial charge in [0.05, 0.1) is 11.4 Å². The summed E-state index contributed by atoms with van der Waals surface area (Å²) in [6.45, 7) is 3.89. The molecule has 0 saturated carbocycles. The van der Waals surface area contributed by atoms with Gasteiger partial charge in [0.1, 0.15) is 5.03 Å². The molecule has 1 heterocycles. The molecule has 0 bridgehead atoms. The van der Waals surface area contributed by atoms with Gasteiger partial charge in [0.25, 0.3) is 0 Å². The van der Waals surface area contributed by atoms with Crippen LogP contribution in [-0.4, -0.2) is 9.97 Å². The molecular formula is C15H15ClN2S. The first kappa shape index (κ1) is 12.9. The van der Waals surface area contributed by atoms with Crippen molar-refractivity contribution in [2.24, 2.45) is 0 Å². The lowest BCUT2D eigenvalue weighted by Gasteiger charge is -2.07. The van der Waals surface area contributed by atoms with Gasteiger partial charge in [0.2, 0.25) is 0 Å². The minimum absolute atomic E-state index is 0.494. The number of fused-ring (bicyclic) bond motifs is 1. The van der Waals surface area contributed by atoms with Gasteiger partial charge < -0.3 is 0 Å². The van der Waals surface area contributed by atoms with Crippen LogP contribution in [0.15, 0.2) is 28.1 Å². The molecule has 1 aromatic carbocycles. The Bertz CT molecular complexity index is 640. The van der Waals surface area contributed by atoms with Gasteiger partial charge in [-0.1, -0.05) is 29.4 Å². The fourth-order valence-electron chi connectivity index (χ4n) is 2.34. The fraction of sp³-hybridized carbons (Fsp3) is 0.333. The van der Waals surface area contributed by atoms with Crippen molar-refractivity contribution in [3.05, 3.63) is 45.9 Å². The molecule has 98 valence electrons. The van der Waals surface area contributed by atoms with Crippen molar-refractivity contribution in [3.63, 3.8) is 0 Å². The second kappa shape index (κ2) is 5.14. The van der Waals surface area contributed by atoms with Crippen molar-refractivity contribution in [2.45, 2.75) is 43.0 Å². The van der Waals surface area contributed by atoms with E-state index in [4.69, 9.17) is 11.6 Å². The topological polar surface area (TPSA) is 25.8 Å². The quantitative estimate of drug-likeness (QED) is 0.820. The highest BCUT2D eigenvalue weighted by Crippen LogP contribution is 2.34. The highest BCUT2D eigenvalue weighted by molar-refractivity contribution is 7.99. The van der Waals surface area contributed by atoms with Crippen molar-refractivity contribution in [2.75, 3.05) is 0 Å². The van der Waals surface area contributed by atoms with Crippen LogP contribution in [0.5, 0.6) is 0 Å². The van der Waals surface area contributed by atoms with E-state index in [0.717, 1.165) is 16.4 Å². The van der Waals surface area contributed by atoms with Crippen LogP contribution in [-0.2, 0) is 12.8 Å². The molecule has 2 aromatic rings. The molecule has 0 saturated heterocycles. The summed E-state index contributed by atoms with van der Waals surface area (Å²) < 4.78 is 0. The van der Waals surface area contributed by atoms with Gasteiger partial charge in [-0.2, -0.15) is 0 Å². The van der Waals surface area contributed by atoms with Gasteiger partial charge >= 0.3 is 0 Å². The van der Waals surface area contributed by atoms with Crippen LogP contribution in [0.25, 0.3) is 0 Å². The number of nitrogens with zero attached hydrogens (tertiary/aromatic N) is 2. The maximum atomic E-state index is 6.17. The molecule has 0 amide bonds. The third-order valence-electron chi connectivity index (χ3n) is 3.52. The van der Waals surface area contributed by atoms with Gasteiger partial charge in [-0.25, -0.2) is 9.97 Å². The zero-order valence-electron chi connectivity index (χ0n) is 11.0. The molecule has 0 unspecified atom stereocenters. The Labute approximate surface area is 122 Å². The van der Waals surface area contributed by atoms with Crippen LogP contribution in [0.2, 0.25) is 5.15 Å². The van der Waals surface area contributed by atoms with E-state index in [9.17, 15) is 0 Å². The van der Waals surface area contributed by atoms with Crippen molar-refractivity contribution >= 4 is 23.4 Å². The first-order valence-electron chi connectivity index (χ1n) is 6.44. The van der Waals surface area contributed by atoms with E-state index < -0.39 is 0 Å². The lowest BCUT2D eigenvalue weighted by atomic mass is 10.1. The van der Waals surface area contributed by atoms with Crippen molar-refractivity contribution < 1.29 is 0 Å². The lowest BCUT2D eigenvalue weighted by molar-refractivity contribution is 0.911. The second-order valence-electron chi connectivity index (χ2n) is 4.88. The molecule has 0 atom stereocenters. The van der Waals surface area contributed by atoms with Crippen LogP contribution in [0, 0.1) is 13.8 Å². The van der Waals surface area contributed by atoms with Gasteiger partial charge in [0, 0.05) is 4.90 Å². The standard InChI is InChI=1S/C15H15ClN2S/c1-9-10(2)18-15(14(16)17-9)19-13-7-6-11-4-3-5-12(11)8-13/h6-8H,3-5H2,1-2H3. The summed E-state index contributed by atoms with van der Waals surface area (Å²) >= 11 is 7.77. The van der Waals surface area contributed by atoms with Gasteiger partial charge in [-0.15, -0.1) is 0 Å². The smallest absolute Gasteiger partial charge is 0.161 e. The summed E-state index contributed by atoms with van der Waals surface area (Å²) in [4.78, 5) is 10.0. The van der Waals surface area contributed by atoms with Crippen LogP contribution >= 0.6 is 23.4 Å². The van der Waals surface area contributed by atoms with Crippen LogP contribution in [0.4, 0.5) is 0 Å². The zero-order valence-corrected chi connectivity index (χ0v) is 12.6. The summed E-state index contributed by atoms with van der Waals surface area (Å²) in [5.74, 6) is 0. The van der Waals surface area contributed by atoms with E-state index in [1.165, 1.54) is 35.3 Å². The molecule has 1 aromatic heterocycles. The third kappa shape index (κ3) is 2.63. The predicted molar refractivity (Wildman–Crippen MR) is 79.1 cm³/mol. The Balaban J connectivity index is 1.91. The summed E-state index contributed by atoms with van der Waals surface area (Å²) in [6, 6.07) is 6.65. The van der Waals surface area contributed by atoms with E-state index in [1.54, 1.807) is 11.8 Å². The zero-order chi connectivity index (χ0) is 13.4. The van der Waals surface area contributed by atoms with Gasteiger partial charge in [-0.3, -0.25) is 0 Å². The summed E-state index contributed by atoms with van der Waals surface area (Å²) in [5, 5.41) is 1.29. The maximum absolute atomic E-state index is 6.17. The van der Waals surface area contributed by atoms with E-state index >= 15 is 0 Å². The molecule has 19 heavy (non-hydrogen) atoms. The largest absolute Gasteiger partial charge is 0.241 e. The molecule has 1 aliphatic carbocycles. The van der Waals surface area contributed by atoms with Gasteiger partial charge in [0.15, 0.2) is 5.15 Å². The molecule has 0 N–H and O–H groups in total. The molecule has 2 nitrogen and oxygen atoms in total. The Morgan fingerprint density at radius 2 is 1.79 bits per heavy atom. The Morgan fingerprint density at radius 1 is 1.05 bits per heavy atom. The number of aromatic nitrogens is 2. The van der Waals surface area contributed by atoms with Crippen LogP contribution in [0.3, 0.4) is 0 Å². The van der Waals surface area contributed by atoms with E-state index in [1.807, 2.05) is 13.8 Å². The Kier molecular flexibility index (Phi) is 3.50. The number of hydrogen-bond donors (Lipinski definition) is 0. The molecule has 0 aliphatic heterocycles. The van der Waals surface area contributed by atoms with E-state index in [2.05, 4.69) is 28.2 Å². The highest BCUT2D eigenvalue weighted by Gasteiger charge is 2.13. The van der Waals surface area contributed by atoms with Crippen LogP contribution in [0.1, 0.15) is 28.9 Å². The Morgan fingerprint density at radius 3 is 2.63 bits per heavy atom. The first-order chi connectivity index (χ1) is 9.13. The second-order valence-corrected chi connectivity index (χ2v) is 6.30. The SMILES string of the molecule is Cc1nc(Cl)c(Sc2ccc3c(c2)CCC3)nc1C. The maximum Gasteiger partial charge on any atom is 0.161 e. The van der Waals surface area contributed by atoms with Gasteiger partial charge in [-0.05, 0) is 56.4 Å². The molecular weight excluding hydrogens is 276 g/mol. The molecule has 1 aliphatic rings. The minimum Gasteiger partial charge on any atom is -0.241 e. The average Bonchev–Trinajstić information content (AvgIpc) is 2.83. The lowest BCUT2D eigenvalue weighted by Crippen LogP contribution is -1.95. The van der Waals surface area contributed by atoms with Crippen molar-refractivity contribution in [1.82, 2.24) is 9.97 Å². The molecule has 0 fully saturated rings. The fourth-order valence-corrected chi connectivity index (χ4v) is 3.50. The number of hydrogen-bond acceptors (Lipinski definition) is 3. The van der Waals surface area contributed by atoms with Crippen molar-refractivity contribution in [3.8, 4) is 0 Å². The molecule has 3 rings (SSSR count). The minimum atomic E-state index is 0.494. The molecule has 0 radical (unpaired) electrons. The van der Waals surface area contributed by atoms with Crippen molar-refractivity contribution in [1.29, 1.82) is 0 Å². The number of benzene rings is 1. The average molecular weight is 291 g/mol. The Hall–Kier alpha value is -1.06. The number of rotatable bonds is 2. The van der Waals surface area contributed by atoms with Crippen LogP contribution < -0.4 is 0 Å². The number of halogens is 1. The highest BCUT2D eigenvalue weighted by atomic mass is 35.5. The monoisotopic (exact) mass is 290 g/mol. The summed E-state index contributed by atoms with van der Waals surface area (Å²) in [6.07, 6.45) is 3.67. The van der Waals surface area contributed by atoms with E-state index in [-0.39, 0.29) is 0 Å². The molecule has 0 spiro atoms. The predicted octanol–water partition coefficient (Wildman–Crippen LogP) is 4.39.